The third kappa shape index (κ3) is 12.3. The van der Waals surface area contributed by atoms with Crippen molar-refractivity contribution >= 4 is 52.8 Å². The Labute approximate surface area is 335 Å². The van der Waals surface area contributed by atoms with E-state index in [-0.39, 0.29) is 19.4 Å². The van der Waals surface area contributed by atoms with Crippen LogP contribution in [0.3, 0.4) is 0 Å². The first-order valence-electron chi connectivity index (χ1n) is 19.1. The number of ketones is 1. The molecule has 5 unspecified atom stereocenters. The van der Waals surface area contributed by atoms with E-state index in [4.69, 9.17) is 22.1 Å². The minimum absolute atomic E-state index is 0.00910. The monoisotopic (exact) mass is 816 g/mol. The van der Waals surface area contributed by atoms with Crippen molar-refractivity contribution in [2.24, 2.45) is 11.7 Å². The summed E-state index contributed by atoms with van der Waals surface area (Å²) in [5.74, 6) is -9.07. The fourth-order valence-corrected chi connectivity index (χ4v) is 7.48. The highest BCUT2D eigenvalue weighted by molar-refractivity contribution is 6.38. The maximum atomic E-state index is 14.7. The average molecular weight is 817 g/mol. The Hall–Kier alpha value is -4.96. The molecule has 1 heterocycles. The van der Waals surface area contributed by atoms with Crippen molar-refractivity contribution in [1.82, 2.24) is 26.2 Å². The first kappa shape index (κ1) is 44.8. The van der Waals surface area contributed by atoms with Crippen molar-refractivity contribution in [3.05, 3.63) is 70.2 Å². The Bertz CT molecular complexity index is 1810. The van der Waals surface area contributed by atoms with Crippen LogP contribution in [-0.4, -0.2) is 89.0 Å². The van der Waals surface area contributed by atoms with Crippen LogP contribution in [0.25, 0.3) is 0 Å². The molecule has 57 heavy (non-hydrogen) atoms. The van der Waals surface area contributed by atoms with E-state index in [0.717, 1.165) is 37.5 Å². The molecule has 1 saturated heterocycles. The van der Waals surface area contributed by atoms with Crippen LogP contribution in [0.4, 0.5) is 8.78 Å². The molecule has 17 heteroatoms. The molecule has 1 saturated carbocycles. The summed E-state index contributed by atoms with van der Waals surface area (Å²) in [6.07, 6.45) is 3.28. The van der Waals surface area contributed by atoms with Crippen LogP contribution in [0, 0.1) is 17.6 Å². The Morgan fingerprint density at radius 1 is 0.947 bits per heavy atom. The van der Waals surface area contributed by atoms with Gasteiger partial charge in [0.15, 0.2) is 0 Å². The molecule has 14 nitrogen and oxygen atoms in total. The molecule has 2 fully saturated rings. The van der Waals surface area contributed by atoms with Gasteiger partial charge in [-0.05, 0) is 75.8 Å². The van der Waals surface area contributed by atoms with Crippen LogP contribution >= 0.6 is 11.6 Å². The first-order valence-corrected chi connectivity index (χ1v) is 19.5. The second kappa shape index (κ2) is 19.9. The number of carbonyl (C=O) groups excluding carboxylic acids is 7. The van der Waals surface area contributed by atoms with Crippen LogP contribution < -0.4 is 27.0 Å². The van der Waals surface area contributed by atoms with Crippen molar-refractivity contribution < 1.29 is 47.1 Å². The van der Waals surface area contributed by atoms with Gasteiger partial charge in [0.25, 0.3) is 11.8 Å². The van der Waals surface area contributed by atoms with Crippen molar-refractivity contribution in [2.45, 2.75) is 115 Å². The van der Waals surface area contributed by atoms with E-state index in [1.165, 1.54) is 17.0 Å². The van der Waals surface area contributed by atoms with Gasteiger partial charge in [-0.15, -0.1) is 0 Å². The van der Waals surface area contributed by atoms with Crippen LogP contribution in [-0.2, 0) is 33.5 Å². The maximum absolute atomic E-state index is 14.7. The van der Waals surface area contributed by atoms with Gasteiger partial charge in [0.05, 0.1) is 24.3 Å². The molecule has 6 N–H and O–H groups in total. The smallest absolute Gasteiger partial charge is 0.290 e. The van der Waals surface area contributed by atoms with Gasteiger partial charge in [0, 0.05) is 18.0 Å². The van der Waals surface area contributed by atoms with E-state index < -0.39 is 107 Å². The fourth-order valence-electron chi connectivity index (χ4n) is 7.28. The summed E-state index contributed by atoms with van der Waals surface area (Å²) in [6.45, 7) is 6.38. The molecule has 6 amide bonds. The second-order valence-corrected chi connectivity index (χ2v) is 15.8. The minimum Gasteiger partial charge on any atom is -0.371 e. The lowest BCUT2D eigenvalue weighted by Gasteiger charge is -2.35. The number of amides is 6. The van der Waals surface area contributed by atoms with Crippen molar-refractivity contribution in [3.63, 3.8) is 0 Å². The summed E-state index contributed by atoms with van der Waals surface area (Å²) < 4.78 is 35.5. The molecule has 1 aliphatic heterocycles. The molecular formula is C40H51ClF2N6O8. The number of ether oxygens (including phenoxy) is 1. The second-order valence-electron chi connectivity index (χ2n) is 15.4. The van der Waals surface area contributed by atoms with Gasteiger partial charge in [-0.3, -0.25) is 33.6 Å². The number of Topliss-reactive ketones (excluding diaryl/α,β-unsaturated/α-hetero) is 1. The van der Waals surface area contributed by atoms with Crippen LogP contribution in [0.2, 0.25) is 5.02 Å². The number of halogens is 3. The number of primary amides is 1. The lowest BCUT2D eigenvalue weighted by molar-refractivity contribution is -0.143. The highest BCUT2D eigenvalue weighted by atomic mass is 35.5. The van der Waals surface area contributed by atoms with E-state index in [1.807, 2.05) is 0 Å². The third-order valence-corrected chi connectivity index (χ3v) is 10.1. The Balaban J connectivity index is 1.51. The topological polar surface area (TPSA) is 206 Å². The molecule has 0 aromatic heterocycles. The number of benzene rings is 2. The molecule has 1 aliphatic carbocycles. The quantitative estimate of drug-likeness (QED) is 0.159. The number of nitrogens with one attached hydrogen (secondary N) is 4. The summed E-state index contributed by atoms with van der Waals surface area (Å²) in [4.78, 5) is 94.4. The Morgan fingerprint density at radius 3 is 2.19 bits per heavy atom. The number of hydrogen-bond acceptors (Lipinski definition) is 8. The van der Waals surface area contributed by atoms with E-state index in [2.05, 4.69) is 21.3 Å². The zero-order valence-corrected chi connectivity index (χ0v) is 33.3. The Kier molecular flexibility index (Phi) is 15.7. The zero-order chi connectivity index (χ0) is 42.0. The summed E-state index contributed by atoms with van der Waals surface area (Å²) in [5.41, 5.74) is 4.25. The van der Waals surface area contributed by atoms with Crippen LogP contribution in [0.15, 0.2) is 42.5 Å². The molecule has 0 radical (unpaired) electrons. The van der Waals surface area contributed by atoms with Crippen molar-refractivity contribution in [1.29, 1.82) is 0 Å². The molecule has 4 rings (SSSR count). The van der Waals surface area contributed by atoms with Gasteiger partial charge in [-0.1, -0.05) is 62.4 Å². The molecule has 0 spiro atoms. The minimum atomic E-state index is -1.35. The maximum Gasteiger partial charge on any atom is 0.290 e. The van der Waals surface area contributed by atoms with E-state index >= 15 is 0 Å². The molecular weight excluding hydrogens is 766 g/mol. The number of likely N-dealkylation sites (tertiary alicyclic amines) is 1. The lowest BCUT2D eigenvalue weighted by atomic mass is 9.83. The number of hydrogen-bond donors (Lipinski definition) is 5. The number of nitrogens with zero attached hydrogens (tertiary/aromatic N) is 1. The summed E-state index contributed by atoms with van der Waals surface area (Å²) >= 11 is 6.00. The largest absolute Gasteiger partial charge is 0.371 e. The van der Waals surface area contributed by atoms with Crippen LogP contribution in [0.1, 0.15) is 101 Å². The summed E-state index contributed by atoms with van der Waals surface area (Å²) in [7, 11) is 0. The number of nitrogens with two attached hydrogens (primary N) is 1. The normalized spacial score (nSPS) is 18.8. The van der Waals surface area contributed by atoms with Crippen molar-refractivity contribution in [2.75, 3.05) is 13.1 Å². The van der Waals surface area contributed by atoms with Gasteiger partial charge < -0.3 is 36.6 Å². The van der Waals surface area contributed by atoms with E-state index in [9.17, 15) is 42.3 Å². The number of carbonyl (C=O) groups is 7. The molecule has 5 atom stereocenters. The predicted octanol–water partition coefficient (Wildman–Crippen LogP) is 3.39. The SMILES string of the molecule is CCCC(NC(=O)C1CC(OC(C)(C)C)CN1C(=O)C(NC(=O)c1c(F)cccc1F)C1CCCCC1)C(=O)C(=O)NCC(=O)NC(C(N)=O)c1cccc(Cl)c1. The molecule has 0 bridgehead atoms. The molecule has 2 aromatic rings. The zero-order valence-electron chi connectivity index (χ0n) is 32.5. The molecule has 2 aliphatic rings. The predicted molar refractivity (Wildman–Crippen MR) is 205 cm³/mol. The first-order chi connectivity index (χ1) is 26.9. The summed E-state index contributed by atoms with van der Waals surface area (Å²) in [6, 6.07) is 4.01. The van der Waals surface area contributed by atoms with Gasteiger partial charge in [0.2, 0.25) is 29.4 Å². The standard InChI is InChI=1S/C40H51ClF2N6O8/c1-5-11-28(34(51)38(55)45-20-30(50)47-32(35(44)52)23-14-9-15-24(41)18-23)46-36(53)29-19-25(57-40(2,3)4)21-49(29)39(56)33(22-12-7-6-8-13-22)48-37(54)31-26(42)16-10-17-27(31)43/h9-10,14-18,22,25,28-29,32-33H,5-8,11-13,19-21H2,1-4H3,(H2,44,52)(H,45,55)(H,46,53)(H,47,50)(H,48,54). The van der Waals surface area contributed by atoms with Crippen molar-refractivity contribution in [3.8, 4) is 0 Å². The van der Waals surface area contributed by atoms with Gasteiger partial charge in [0.1, 0.15) is 35.3 Å². The van der Waals surface area contributed by atoms with Gasteiger partial charge in [-0.25, -0.2) is 8.78 Å². The Morgan fingerprint density at radius 2 is 1.60 bits per heavy atom. The van der Waals surface area contributed by atoms with Crippen LogP contribution in [0.5, 0.6) is 0 Å². The van der Waals surface area contributed by atoms with Gasteiger partial charge in [-0.2, -0.15) is 0 Å². The molecule has 2 aromatic carbocycles. The van der Waals surface area contributed by atoms with Gasteiger partial charge >= 0.3 is 0 Å². The third-order valence-electron chi connectivity index (χ3n) is 9.85. The number of rotatable bonds is 16. The highest BCUT2D eigenvalue weighted by Gasteiger charge is 2.46. The molecule has 310 valence electrons. The lowest BCUT2D eigenvalue weighted by Crippen LogP contribution is -2.58. The van der Waals surface area contributed by atoms with E-state index in [1.54, 1.807) is 39.8 Å². The fraction of sp³-hybridized carbons (Fsp3) is 0.525. The average Bonchev–Trinajstić information content (AvgIpc) is 3.57. The summed E-state index contributed by atoms with van der Waals surface area (Å²) in [5, 5.41) is 10.1. The van der Waals surface area contributed by atoms with E-state index in [0.29, 0.717) is 29.8 Å². The highest BCUT2D eigenvalue weighted by Crippen LogP contribution is 2.31.